The van der Waals surface area contributed by atoms with Gasteiger partial charge in [0.15, 0.2) is 5.58 Å². The van der Waals surface area contributed by atoms with Gasteiger partial charge in [-0.15, -0.1) is 0 Å². The lowest BCUT2D eigenvalue weighted by Gasteiger charge is -2.26. The van der Waals surface area contributed by atoms with Gasteiger partial charge < -0.3 is 23.9 Å². The van der Waals surface area contributed by atoms with Crippen molar-refractivity contribution < 1.29 is 13.9 Å². The average molecular weight is 396 g/mol. The fourth-order valence-corrected chi connectivity index (χ4v) is 4.04. The molecule has 3 aromatic rings. The SMILES string of the molecule is COc1ccc(Cn2c(C(=O)NCCN3CCCCC3)cc3oc(C)cc32)cc1. The number of benzene rings is 1. The molecule has 1 aromatic carbocycles. The Morgan fingerprint density at radius 1 is 1.14 bits per heavy atom. The van der Waals surface area contributed by atoms with E-state index in [-0.39, 0.29) is 5.91 Å². The molecule has 3 heterocycles. The molecule has 6 nitrogen and oxygen atoms in total. The summed E-state index contributed by atoms with van der Waals surface area (Å²) in [5, 5.41) is 3.09. The maximum Gasteiger partial charge on any atom is 0.268 e. The fourth-order valence-electron chi connectivity index (χ4n) is 4.04. The number of carbonyl (C=O) groups excluding carboxylic acids is 1. The molecule has 0 spiro atoms. The number of carbonyl (C=O) groups is 1. The van der Waals surface area contributed by atoms with Crippen LogP contribution in [-0.4, -0.2) is 48.7 Å². The maximum absolute atomic E-state index is 12.9. The van der Waals surface area contributed by atoms with Gasteiger partial charge in [0.05, 0.1) is 12.6 Å². The number of hydrogen-bond donors (Lipinski definition) is 1. The van der Waals surface area contributed by atoms with Gasteiger partial charge in [0.2, 0.25) is 0 Å². The molecule has 1 N–H and O–H groups in total. The topological polar surface area (TPSA) is 59.6 Å². The number of piperidine rings is 1. The van der Waals surface area contributed by atoms with E-state index >= 15 is 0 Å². The number of likely N-dealkylation sites (tertiary alicyclic amines) is 1. The first-order chi connectivity index (χ1) is 14.1. The third-order valence-corrected chi connectivity index (χ3v) is 5.61. The van der Waals surface area contributed by atoms with Crippen molar-refractivity contribution in [3.8, 4) is 5.75 Å². The molecular formula is C23H29N3O3. The monoisotopic (exact) mass is 395 g/mol. The van der Waals surface area contributed by atoms with Crippen molar-refractivity contribution in [3.63, 3.8) is 0 Å². The molecule has 2 aromatic heterocycles. The van der Waals surface area contributed by atoms with Crippen molar-refractivity contribution in [2.75, 3.05) is 33.3 Å². The number of hydrogen-bond acceptors (Lipinski definition) is 4. The maximum atomic E-state index is 12.9. The van der Waals surface area contributed by atoms with Crippen LogP contribution >= 0.6 is 0 Å². The van der Waals surface area contributed by atoms with Crippen LogP contribution in [0.15, 0.2) is 40.8 Å². The van der Waals surface area contributed by atoms with Crippen LogP contribution in [0.25, 0.3) is 11.1 Å². The zero-order valence-corrected chi connectivity index (χ0v) is 17.2. The summed E-state index contributed by atoms with van der Waals surface area (Å²) >= 11 is 0. The summed E-state index contributed by atoms with van der Waals surface area (Å²) in [4.78, 5) is 15.4. The Hall–Kier alpha value is -2.73. The predicted molar refractivity (Wildman–Crippen MR) is 114 cm³/mol. The lowest BCUT2D eigenvalue weighted by atomic mass is 10.1. The summed E-state index contributed by atoms with van der Waals surface area (Å²) in [6.45, 7) is 6.36. The van der Waals surface area contributed by atoms with Crippen LogP contribution in [0, 0.1) is 6.92 Å². The van der Waals surface area contributed by atoms with E-state index in [2.05, 4.69) is 10.2 Å². The first kappa shape index (κ1) is 19.6. The molecule has 0 saturated carbocycles. The number of nitrogens with zero attached hydrogens (tertiary/aromatic N) is 2. The van der Waals surface area contributed by atoms with Crippen molar-refractivity contribution in [1.82, 2.24) is 14.8 Å². The summed E-state index contributed by atoms with van der Waals surface area (Å²) in [7, 11) is 1.66. The van der Waals surface area contributed by atoms with Crippen molar-refractivity contribution >= 4 is 17.0 Å². The molecular weight excluding hydrogens is 366 g/mol. The number of methoxy groups -OCH3 is 1. The van der Waals surface area contributed by atoms with Crippen molar-refractivity contribution in [2.24, 2.45) is 0 Å². The number of amides is 1. The van der Waals surface area contributed by atoms with Crippen molar-refractivity contribution in [3.05, 3.63) is 53.4 Å². The van der Waals surface area contributed by atoms with Crippen LogP contribution in [0.4, 0.5) is 0 Å². The van der Waals surface area contributed by atoms with Gasteiger partial charge >= 0.3 is 0 Å². The highest BCUT2D eigenvalue weighted by Gasteiger charge is 2.19. The molecule has 0 radical (unpaired) electrons. The number of furan rings is 1. The smallest absolute Gasteiger partial charge is 0.268 e. The Kier molecular flexibility index (Phi) is 5.90. The summed E-state index contributed by atoms with van der Waals surface area (Å²) < 4.78 is 13.1. The largest absolute Gasteiger partial charge is 0.497 e. The number of ether oxygens (including phenoxy) is 1. The molecule has 1 aliphatic rings. The summed E-state index contributed by atoms with van der Waals surface area (Å²) in [5.41, 5.74) is 3.43. The third-order valence-electron chi connectivity index (χ3n) is 5.61. The summed E-state index contributed by atoms with van der Waals surface area (Å²) in [6.07, 6.45) is 3.84. The van der Waals surface area contributed by atoms with Gasteiger partial charge in [-0.1, -0.05) is 18.6 Å². The molecule has 6 heteroatoms. The second-order valence-corrected chi connectivity index (χ2v) is 7.73. The van der Waals surface area contributed by atoms with Crippen molar-refractivity contribution in [2.45, 2.75) is 32.7 Å². The number of nitrogens with one attached hydrogen (secondary N) is 1. The fraction of sp³-hybridized carbons (Fsp3) is 0.435. The van der Waals surface area contributed by atoms with Gasteiger partial charge in [0.1, 0.15) is 17.2 Å². The molecule has 154 valence electrons. The molecule has 1 aliphatic heterocycles. The molecule has 29 heavy (non-hydrogen) atoms. The molecule has 1 saturated heterocycles. The van der Waals surface area contributed by atoms with Crippen LogP contribution in [0.3, 0.4) is 0 Å². The van der Waals surface area contributed by atoms with E-state index in [1.54, 1.807) is 7.11 Å². The van der Waals surface area contributed by atoms with Crippen LogP contribution in [-0.2, 0) is 6.54 Å². The van der Waals surface area contributed by atoms with E-state index in [0.29, 0.717) is 18.8 Å². The van der Waals surface area contributed by atoms with Crippen LogP contribution in [0.1, 0.15) is 41.1 Å². The second-order valence-electron chi connectivity index (χ2n) is 7.73. The Balaban J connectivity index is 1.50. The Morgan fingerprint density at radius 2 is 1.90 bits per heavy atom. The Bertz CT molecular complexity index is 965. The van der Waals surface area contributed by atoms with E-state index in [1.807, 2.05) is 47.9 Å². The number of rotatable bonds is 7. The predicted octanol–water partition coefficient (Wildman–Crippen LogP) is 3.82. The van der Waals surface area contributed by atoms with E-state index in [1.165, 1.54) is 19.3 Å². The van der Waals surface area contributed by atoms with Gasteiger partial charge in [-0.25, -0.2) is 0 Å². The third kappa shape index (κ3) is 4.48. The van der Waals surface area contributed by atoms with Gasteiger partial charge in [-0.05, 0) is 50.6 Å². The molecule has 0 aliphatic carbocycles. The first-order valence-electron chi connectivity index (χ1n) is 10.4. The van der Waals surface area contributed by atoms with Gasteiger partial charge in [0, 0.05) is 31.8 Å². The van der Waals surface area contributed by atoms with Gasteiger partial charge in [-0.2, -0.15) is 0 Å². The summed E-state index contributed by atoms with van der Waals surface area (Å²) in [6, 6.07) is 11.8. The second kappa shape index (κ2) is 8.74. The number of aryl methyl sites for hydroxylation is 1. The minimum atomic E-state index is -0.0559. The standard InChI is InChI=1S/C23H29N3O3/c1-17-14-20-22(29-17)15-21(23(27)24-10-13-25-11-4-3-5-12-25)26(20)16-18-6-8-19(28-2)9-7-18/h6-9,14-15H,3-5,10-13,16H2,1-2H3,(H,24,27). The minimum absolute atomic E-state index is 0.0559. The molecule has 1 fully saturated rings. The highest BCUT2D eigenvalue weighted by Crippen LogP contribution is 2.25. The van der Waals surface area contributed by atoms with Gasteiger partial charge in [-0.3, -0.25) is 4.79 Å². The average Bonchev–Trinajstić information content (AvgIpc) is 3.26. The highest BCUT2D eigenvalue weighted by molar-refractivity contribution is 5.97. The lowest BCUT2D eigenvalue weighted by molar-refractivity contribution is 0.0938. The van der Waals surface area contributed by atoms with Gasteiger partial charge in [0.25, 0.3) is 5.91 Å². The van der Waals surface area contributed by atoms with Crippen molar-refractivity contribution in [1.29, 1.82) is 0 Å². The molecule has 0 unspecified atom stereocenters. The van der Waals surface area contributed by atoms with Crippen LogP contribution in [0.5, 0.6) is 5.75 Å². The number of fused-ring (bicyclic) bond motifs is 1. The lowest BCUT2D eigenvalue weighted by Crippen LogP contribution is -2.38. The highest BCUT2D eigenvalue weighted by atomic mass is 16.5. The molecule has 1 amide bonds. The quantitative estimate of drug-likeness (QED) is 0.661. The molecule has 4 rings (SSSR count). The zero-order valence-electron chi connectivity index (χ0n) is 17.2. The normalized spacial score (nSPS) is 15.0. The summed E-state index contributed by atoms with van der Waals surface area (Å²) in [5.74, 6) is 1.61. The molecule has 0 bridgehead atoms. The van der Waals surface area contributed by atoms with E-state index in [0.717, 1.165) is 47.8 Å². The zero-order chi connectivity index (χ0) is 20.2. The van der Waals surface area contributed by atoms with Crippen LogP contribution in [0.2, 0.25) is 0 Å². The van der Waals surface area contributed by atoms with E-state index < -0.39 is 0 Å². The Labute approximate surface area is 171 Å². The van der Waals surface area contributed by atoms with E-state index in [4.69, 9.17) is 9.15 Å². The minimum Gasteiger partial charge on any atom is -0.497 e. The first-order valence-corrected chi connectivity index (χ1v) is 10.4. The number of aromatic nitrogens is 1. The molecule has 0 atom stereocenters. The Morgan fingerprint density at radius 3 is 2.62 bits per heavy atom. The van der Waals surface area contributed by atoms with E-state index in [9.17, 15) is 4.79 Å². The van der Waals surface area contributed by atoms with Crippen LogP contribution < -0.4 is 10.1 Å².